The largest absolute Gasteiger partial charge is 0.481 e. The van der Waals surface area contributed by atoms with Gasteiger partial charge in [0.05, 0.1) is 6.10 Å². The van der Waals surface area contributed by atoms with E-state index in [0.29, 0.717) is 18.3 Å². The number of aliphatic hydroxyl groups excluding tert-OH is 1. The van der Waals surface area contributed by atoms with Gasteiger partial charge >= 0.3 is 5.97 Å². The number of unbranched alkanes of at least 4 members (excludes halogenated alkanes) is 4. The molecule has 0 saturated heterocycles. The fraction of sp³-hybridized carbons (Fsp3) is 0.722. The zero-order chi connectivity index (χ0) is 15.5. The Bertz CT molecular complexity index is 346. The molecule has 0 aromatic heterocycles. The smallest absolute Gasteiger partial charge is 0.303 e. The first-order valence-electron chi connectivity index (χ1n) is 8.38. The standard InChI is InChI=1S/C18H30O3/c1-2-3-7-11-16-15(13-14-17(16)19)10-8-5-4-6-9-12-18(20)21/h3,7,13-17,19H,2,4-6,8-12H2,1H3,(H,20,21)/b7-3-/t15-,16-,17+/m0/s1. The lowest BCUT2D eigenvalue weighted by atomic mass is 9.86. The number of hydrogen-bond donors (Lipinski definition) is 2. The van der Waals surface area contributed by atoms with E-state index in [0.717, 1.165) is 44.9 Å². The fourth-order valence-corrected chi connectivity index (χ4v) is 3.03. The first-order valence-corrected chi connectivity index (χ1v) is 8.38. The predicted octanol–water partition coefficient (Wildman–Crippen LogP) is 4.32. The molecule has 0 amide bonds. The van der Waals surface area contributed by atoms with Crippen molar-refractivity contribution in [1.82, 2.24) is 0 Å². The lowest BCUT2D eigenvalue weighted by Crippen LogP contribution is -2.19. The highest BCUT2D eigenvalue weighted by atomic mass is 16.4. The van der Waals surface area contributed by atoms with Crippen molar-refractivity contribution in [2.45, 2.75) is 70.8 Å². The molecule has 0 radical (unpaired) electrons. The van der Waals surface area contributed by atoms with Crippen LogP contribution in [0.2, 0.25) is 0 Å². The molecule has 1 aliphatic rings. The Balaban J connectivity index is 2.13. The summed E-state index contributed by atoms with van der Waals surface area (Å²) in [4.78, 5) is 10.4. The van der Waals surface area contributed by atoms with Gasteiger partial charge in [-0.1, -0.05) is 56.9 Å². The van der Waals surface area contributed by atoms with Crippen LogP contribution in [0.1, 0.15) is 64.7 Å². The second kappa shape index (κ2) is 10.6. The monoisotopic (exact) mass is 294 g/mol. The van der Waals surface area contributed by atoms with Gasteiger partial charge in [-0.2, -0.15) is 0 Å². The summed E-state index contributed by atoms with van der Waals surface area (Å²) in [5, 5.41) is 18.6. The van der Waals surface area contributed by atoms with Crippen LogP contribution in [0, 0.1) is 11.8 Å². The minimum absolute atomic E-state index is 0.285. The molecule has 2 N–H and O–H groups in total. The maximum atomic E-state index is 10.4. The molecule has 3 atom stereocenters. The Hall–Kier alpha value is -1.09. The highest BCUT2D eigenvalue weighted by Gasteiger charge is 2.28. The van der Waals surface area contributed by atoms with E-state index in [1.807, 2.05) is 6.08 Å². The summed E-state index contributed by atoms with van der Waals surface area (Å²) in [7, 11) is 0. The molecule has 0 unspecified atom stereocenters. The molecule has 21 heavy (non-hydrogen) atoms. The highest BCUT2D eigenvalue weighted by molar-refractivity contribution is 5.66. The van der Waals surface area contributed by atoms with Gasteiger partial charge in [-0.25, -0.2) is 0 Å². The molecule has 0 aromatic rings. The van der Waals surface area contributed by atoms with Gasteiger partial charge in [0.1, 0.15) is 0 Å². The quantitative estimate of drug-likeness (QED) is 0.441. The highest BCUT2D eigenvalue weighted by Crippen LogP contribution is 2.33. The summed E-state index contributed by atoms with van der Waals surface area (Å²) >= 11 is 0. The van der Waals surface area contributed by atoms with Crippen molar-refractivity contribution in [2.24, 2.45) is 11.8 Å². The SMILES string of the molecule is CC/C=C\C[C@@H]1[C@H](O)C=C[C@@H]1CCCCCCCC(=O)O. The van der Waals surface area contributed by atoms with Crippen LogP contribution in [-0.4, -0.2) is 22.3 Å². The van der Waals surface area contributed by atoms with Crippen LogP contribution in [0.25, 0.3) is 0 Å². The molecular formula is C18H30O3. The van der Waals surface area contributed by atoms with Crippen LogP contribution in [0.5, 0.6) is 0 Å². The zero-order valence-electron chi connectivity index (χ0n) is 13.2. The predicted molar refractivity (Wildman–Crippen MR) is 86.1 cm³/mol. The summed E-state index contributed by atoms with van der Waals surface area (Å²) in [5.41, 5.74) is 0. The number of hydrogen-bond acceptors (Lipinski definition) is 2. The van der Waals surface area contributed by atoms with E-state index in [2.05, 4.69) is 25.2 Å². The maximum absolute atomic E-state index is 10.4. The van der Waals surface area contributed by atoms with E-state index in [9.17, 15) is 9.90 Å². The molecular weight excluding hydrogens is 264 g/mol. The van der Waals surface area contributed by atoms with E-state index < -0.39 is 5.97 Å². The summed E-state index contributed by atoms with van der Waals surface area (Å²) in [6.07, 6.45) is 16.9. The fourth-order valence-electron chi connectivity index (χ4n) is 3.03. The molecule has 120 valence electrons. The van der Waals surface area contributed by atoms with E-state index in [-0.39, 0.29) is 6.10 Å². The van der Waals surface area contributed by atoms with E-state index >= 15 is 0 Å². The van der Waals surface area contributed by atoms with Gasteiger partial charge in [0.2, 0.25) is 0 Å². The third-order valence-corrected chi connectivity index (χ3v) is 4.28. The number of carboxylic acids is 1. The second-order valence-corrected chi connectivity index (χ2v) is 6.02. The Kier molecular flexibility index (Phi) is 9.07. The van der Waals surface area contributed by atoms with Gasteiger partial charge < -0.3 is 10.2 Å². The Morgan fingerprint density at radius 2 is 1.81 bits per heavy atom. The summed E-state index contributed by atoms with van der Waals surface area (Å²) < 4.78 is 0. The van der Waals surface area contributed by atoms with Crippen molar-refractivity contribution in [3.8, 4) is 0 Å². The van der Waals surface area contributed by atoms with Crippen molar-refractivity contribution < 1.29 is 15.0 Å². The molecule has 0 bridgehead atoms. The van der Waals surface area contributed by atoms with Crippen LogP contribution >= 0.6 is 0 Å². The lowest BCUT2D eigenvalue weighted by molar-refractivity contribution is -0.137. The van der Waals surface area contributed by atoms with Crippen molar-refractivity contribution in [1.29, 1.82) is 0 Å². The van der Waals surface area contributed by atoms with Gasteiger partial charge in [0.15, 0.2) is 0 Å². The molecule has 0 spiro atoms. The van der Waals surface area contributed by atoms with Gasteiger partial charge in [0, 0.05) is 6.42 Å². The zero-order valence-corrected chi connectivity index (χ0v) is 13.2. The molecule has 1 rings (SSSR count). The van der Waals surface area contributed by atoms with Gasteiger partial charge in [-0.15, -0.1) is 0 Å². The van der Waals surface area contributed by atoms with E-state index in [1.165, 1.54) is 6.42 Å². The summed E-state index contributed by atoms with van der Waals surface area (Å²) in [6, 6.07) is 0. The number of carboxylic acid groups (broad SMARTS) is 1. The minimum atomic E-state index is -0.692. The van der Waals surface area contributed by atoms with Crippen LogP contribution in [-0.2, 0) is 4.79 Å². The van der Waals surface area contributed by atoms with E-state index in [4.69, 9.17) is 5.11 Å². The minimum Gasteiger partial charge on any atom is -0.481 e. The number of carbonyl (C=O) groups is 1. The molecule has 0 aromatic carbocycles. The summed E-state index contributed by atoms with van der Waals surface area (Å²) in [5.74, 6) is 0.156. The average Bonchev–Trinajstić information content (AvgIpc) is 2.79. The number of rotatable bonds is 11. The number of aliphatic carboxylic acids is 1. The van der Waals surface area contributed by atoms with Crippen LogP contribution in [0.3, 0.4) is 0 Å². The summed E-state index contributed by atoms with van der Waals surface area (Å²) in [6.45, 7) is 2.13. The molecule has 1 aliphatic carbocycles. The molecule has 0 heterocycles. The number of allylic oxidation sites excluding steroid dienone is 3. The molecule has 3 nitrogen and oxygen atoms in total. The average molecular weight is 294 g/mol. The van der Waals surface area contributed by atoms with Crippen LogP contribution in [0.15, 0.2) is 24.3 Å². The Morgan fingerprint density at radius 1 is 1.10 bits per heavy atom. The van der Waals surface area contributed by atoms with Crippen LogP contribution in [0.4, 0.5) is 0 Å². The second-order valence-electron chi connectivity index (χ2n) is 6.02. The van der Waals surface area contributed by atoms with Gasteiger partial charge in [-0.05, 0) is 37.5 Å². The Morgan fingerprint density at radius 3 is 2.52 bits per heavy atom. The first-order chi connectivity index (χ1) is 10.1. The van der Waals surface area contributed by atoms with Gasteiger partial charge in [0.25, 0.3) is 0 Å². The first kappa shape index (κ1) is 18.0. The molecule has 0 aliphatic heterocycles. The van der Waals surface area contributed by atoms with Crippen molar-refractivity contribution >= 4 is 5.97 Å². The van der Waals surface area contributed by atoms with Crippen molar-refractivity contribution in [3.63, 3.8) is 0 Å². The van der Waals surface area contributed by atoms with Crippen molar-refractivity contribution in [3.05, 3.63) is 24.3 Å². The third kappa shape index (κ3) is 7.47. The molecule has 0 saturated carbocycles. The van der Waals surface area contributed by atoms with Crippen molar-refractivity contribution in [2.75, 3.05) is 0 Å². The van der Waals surface area contributed by atoms with E-state index in [1.54, 1.807) is 0 Å². The molecule has 3 heteroatoms. The third-order valence-electron chi connectivity index (χ3n) is 4.28. The number of aliphatic hydroxyl groups is 1. The topological polar surface area (TPSA) is 57.5 Å². The lowest BCUT2D eigenvalue weighted by Gasteiger charge is -2.21. The van der Waals surface area contributed by atoms with Crippen LogP contribution < -0.4 is 0 Å². The molecule has 0 fully saturated rings. The van der Waals surface area contributed by atoms with Gasteiger partial charge in [-0.3, -0.25) is 4.79 Å². The maximum Gasteiger partial charge on any atom is 0.303 e. The normalized spacial score (nSPS) is 25.0. The Labute approximate surface area is 128 Å².